The molecule has 0 saturated heterocycles. The first kappa shape index (κ1) is 15.6. The predicted octanol–water partition coefficient (Wildman–Crippen LogP) is 4.55. The number of nitrogens with zero attached hydrogens (tertiary/aromatic N) is 7. The minimum atomic E-state index is 0.480. The fourth-order valence-corrected chi connectivity index (χ4v) is 4.25. The van der Waals surface area contributed by atoms with E-state index in [4.69, 9.17) is 10.5 Å². The highest BCUT2D eigenvalue weighted by atomic mass is 32.1. The summed E-state index contributed by atoms with van der Waals surface area (Å²) in [7, 11) is 0. The molecule has 0 N–H and O–H groups in total. The second-order valence-electron chi connectivity index (χ2n) is 5.86. The lowest BCUT2D eigenvalue weighted by atomic mass is 10.00. The molecule has 0 unspecified atom stereocenters. The first-order valence-electron chi connectivity index (χ1n) is 7.81. The summed E-state index contributed by atoms with van der Waals surface area (Å²) in [4.78, 5) is 8.91. The second kappa shape index (κ2) is 5.84. The summed E-state index contributed by atoms with van der Waals surface area (Å²) >= 11 is 1.74. The highest BCUT2D eigenvalue weighted by Gasteiger charge is 2.26. The lowest BCUT2D eigenvalue weighted by Gasteiger charge is -2.09. The van der Waals surface area contributed by atoms with Gasteiger partial charge in [-0.3, -0.25) is 9.56 Å². The molecule has 0 atom stereocenters. The van der Waals surface area contributed by atoms with Gasteiger partial charge in [-0.05, 0) is 31.9 Å². The van der Waals surface area contributed by atoms with Gasteiger partial charge < -0.3 is 0 Å². The molecule has 4 rings (SSSR count). The molecule has 7 nitrogen and oxygen atoms in total. The van der Waals surface area contributed by atoms with Crippen LogP contribution in [0.5, 0.6) is 0 Å². The number of hydrogen-bond donors (Lipinski definition) is 0. The van der Waals surface area contributed by atoms with E-state index in [1.54, 1.807) is 11.3 Å². The van der Waals surface area contributed by atoms with Crippen LogP contribution in [0.15, 0.2) is 34.4 Å². The molecule has 0 amide bonds. The van der Waals surface area contributed by atoms with E-state index in [1.165, 1.54) is 10.4 Å². The van der Waals surface area contributed by atoms with Crippen molar-refractivity contribution in [3.05, 3.63) is 67.9 Å². The van der Waals surface area contributed by atoms with E-state index in [-0.39, 0.29) is 0 Å². The molecule has 2 aromatic heterocycles. The summed E-state index contributed by atoms with van der Waals surface area (Å²) in [6.45, 7) is 6.69. The quantitative estimate of drug-likeness (QED) is 0.386. The van der Waals surface area contributed by atoms with Crippen LogP contribution < -0.4 is 0 Å². The van der Waals surface area contributed by atoms with Crippen molar-refractivity contribution in [2.75, 3.05) is 0 Å². The van der Waals surface area contributed by atoms with Crippen LogP contribution in [0.4, 0.5) is 5.69 Å². The van der Waals surface area contributed by atoms with E-state index < -0.39 is 0 Å². The van der Waals surface area contributed by atoms with E-state index in [9.17, 15) is 0 Å². The molecular weight excluding hydrogens is 334 g/mol. The maximum atomic E-state index is 8.57. The fraction of sp³-hybridized carbons (Fsp3) is 0.235. The third-order valence-electron chi connectivity index (χ3n) is 4.38. The number of rotatable bonds is 2. The summed E-state index contributed by atoms with van der Waals surface area (Å²) in [5, 5.41) is 13.2. The van der Waals surface area contributed by atoms with Crippen molar-refractivity contribution in [1.82, 2.24) is 14.8 Å². The van der Waals surface area contributed by atoms with Gasteiger partial charge in [-0.1, -0.05) is 29.4 Å². The largest absolute Gasteiger partial charge is 0.276 e. The maximum absolute atomic E-state index is 8.57. The normalized spacial score (nSPS) is 12.7. The zero-order chi connectivity index (χ0) is 17.6. The van der Waals surface area contributed by atoms with Gasteiger partial charge in [-0.15, -0.1) is 21.5 Å². The Bertz CT molecular complexity index is 1050. The summed E-state index contributed by atoms with van der Waals surface area (Å²) in [6.07, 6.45) is 0. The third kappa shape index (κ3) is 2.43. The van der Waals surface area contributed by atoms with Crippen molar-refractivity contribution >= 4 is 22.7 Å². The van der Waals surface area contributed by atoms with E-state index >= 15 is 0 Å². The molecule has 0 aliphatic carbocycles. The Labute approximate surface area is 148 Å². The summed E-state index contributed by atoms with van der Waals surface area (Å²) in [5.74, 6) is 1.72. The molecule has 124 valence electrons. The van der Waals surface area contributed by atoms with E-state index in [0.29, 0.717) is 12.2 Å². The predicted molar refractivity (Wildman–Crippen MR) is 98.0 cm³/mol. The summed E-state index contributed by atoms with van der Waals surface area (Å²) < 4.78 is 2.10. The SMILES string of the molecule is Cc1sc2c(c1C)C(c1ccc(N=[N+]=[N-])cc1)=NCc1nnc(C)n1-2. The fourth-order valence-electron chi connectivity index (χ4n) is 3.02. The molecule has 0 spiro atoms. The molecule has 3 aromatic rings. The lowest BCUT2D eigenvalue weighted by molar-refractivity contribution is 0.869. The number of thiophene rings is 1. The monoisotopic (exact) mass is 349 g/mol. The van der Waals surface area contributed by atoms with Crippen LogP contribution in [0, 0.1) is 20.8 Å². The standard InChI is InChI=1S/C17H15N7S/c1-9-10(2)25-17-15(9)16(12-4-6-13(7-5-12)21-23-18)19-8-14-22-20-11(3)24(14)17/h4-7H,8H2,1-3H3. The van der Waals surface area contributed by atoms with Gasteiger partial charge in [-0.2, -0.15) is 0 Å². The molecule has 0 saturated carbocycles. The number of aromatic nitrogens is 3. The lowest BCUT2D eigenvalue weighted by Crippen LogP contribution is -2.07. The molecular formula is C17H15N7S. The number of benzene rings is 1. The van der Waals surface area contributed by atoms with Crippen LogP contribution >= 0.6 is 11.3 Å². The third-order valence-corrected chi connectivity index (χ3v) is 5.57. The van der Waals surface area contributed by atoms with Crippen LogP contribution in [-0.4, -0.2) is 20.5 Å². The minimum absolute atomic E-state index is 0.480. The van der Waals surface area contributed by atoms with Crippen molar-refractivity contribution in [2.45, 2.75) is 27.3 Å². The van der Waals surface area contributed by atoms with Crippen LogP contribution in [0.1, 0.15) is 33.2 Å². The van der Waals surface area contributed by atoms with Gasteiger partial charge >= 0.3 is 0 Å². The van der Waals surface area contributed by atoms with E-state index in [0.717, 1.165) is 33.5 Å². The van der Waals surface area contributed by atoms with Crippen molar-refractivity contribution < 1.29 is 0 Å². The van der Waals surface area contributed by atoms with E-state index in [1.807, 2.05) is 31.2 Å². The average molecular weight is 349 g/mol. The topological polar surface area (TPSA) is 91.8 Å². The average Bonchev–Trinajstić information content (AvgIpc) is 3.05. The number of fused-ring (bicyclic) bond motifs is 3. The van der Waals surface area contributed by atoms with Gasteiger partial charge in [-0.25, -0.2) is 0 Å². The summed E-state index contributed by atoms with van der Waals surface area (Å²) in [5.41, 5.74) is 13.4. The van der Waals surface area contributed by atoms with E-state index in [2.05, 4.69) is 38.6 Å². The zero-order valence-corrected chi connectivity index (χ0v) is 14.9. The van der Waals surface area contributed by atoms with Gasteiger partial charge in [0.15, 0.2) is 5.82 Å². The Balaban J connectivity index is 1.93. The highest BCUT2D eigenvalue weighted by Crippen LogP contribution is 2.36. The molecule has 1 aliphatic heterocycles. The van der Waals surface area contributed by atoms with Crippen LogP contribution in [0.2, 0.25) is 0 Å². The Morgan fingerprint density at radius 2 is 1.92 bits per heavy atom. The van der Waals surface area contributed by atoms with Crippen molar-refractivity contribution in [1.29, 1.82) is 0 Å². The van der Waals surface area contributed by atoms with Crippen LogP contribution in [0.25, 0.3) is 15.4 Å². The molecule has 0 bridgehead atoms. The summed E-state index contributed by atoms with van der Waals surface area (Å²) in [6, 6.07) is 7.50. The molecule has 3 heterocycles. The van der Waals surface area contributed by atoms with Gasteiger partial charge in [0.2, 0.25) is 0 Å². The number of hydrogen-bond acceptors (Lipinski definition) is 5. The number of azide groups is 1. The van der Waals surface area contributed by atoms with Crippen molar-refractivity contribution in [3.8, 4) is 5.00 Å². The first-order chi connectivity index (χ1) is 12.1. The van der Waals surface area contributed by atoms with Crippen molar-refractivity contribution in [2.24, 2.45) is 10.1 Å². The minimum Gasteiger partial charge on any atom is -0.276 e. The Morgan fingerprint density at radius 1 is 1.16 bits per heavy atom. The smallest absolute Gasteiger partial charge is 0.160 e. The zero-order valence-electron chi connectivity index (χ0n) is 14.1. The Morgan fingerprint density at radius 3 is 2.64 bits per heavy atom. The molecule has 1 aromatic carbocycles. The van der Waals surface area contributed by atoms with Gasteiger partial charge in [0, 0.05) is 26.6 Å². The molecule has 25 heavy (non-hydrogen) atoms. The second-order valence-corrected chi connectivity index (χ2v) is 7.07. The molecule has 0 fully saturated rings. The van der Waals surface area contributed by atoms with Crippen molar-refractivity contribution in [3.63, 3.8) is 0 Å². The maximum Gasteiger partial charge on any atom is 0.160 e. The van der Waals surface area contributed by atoms with Gasteiger partial charge in [0.05, 0.1) is 5.71 Å². The number of aryl methyl sites for hydroxylation is 2. The Hall–Kier alpha value is -2.96. The molecule has 1 aliphatic rings. The van der Waals surface area contributed by atoms with Gasteiger partial charge in [0.25, 0.3) is 0 Å². The highest BCUT2D eigenvalue weighted by molar-refractivity contribution is 7.15. The Kier molecular flexibility index (Phi) is 3.63. The molecule has 8 heteroatoms. The van der Waals surface area contributed by atoms with Gasteiger partial charge in [0.1, 0.15) is 17.4 Å². The molecule has 0 radical (unpaired) electrons. The van der Waals surface area contributed by atoms with Crippen LogP contribution in [-0.2, 0) is 6.54 Å². The first-order valence-corrected chi connectivity index (χ1v) is 8.63. The van der Waals surface area contributed by atoms with Crippen LogP contribution in [0.3, 0.4) is 0 Å². The number of aliphatic imine (C=N–C) groups is 1.